The molecule has 0 saturated heterocycles. The largest absolute Gasteiger partial charge is 0.350 e. The molecule has 1 aromatic heterocycles. The minimum Gasteiger partial charge on any atom is -0.350 e. The van der Waals surface area contributed by atoms with Gasteiger partial charge in [0.2, 0.25) is 5.91 Å². The number of imidazole rings is 1. The highest BCUT2D eigenvalue weighted by Crippen LogP contribution is 2.15. The molecule has 0 bridgehead atoms. The molecular formula is C21H28Cl2N4O. The van der Waals surface area contributed by atoms with Crippen molar-refractivity contribution in [1.29, 1.82) is 0 Å². The van der Waals surface area contributed by atoms with Gasteiger partial charge in [-0.1, -0.05) is 49.7 Å². The van der Waals surface area contributed by atoms with Crippen molar-refractivity contribution in [2.75, 3.05) is 0 Å². The van der Waals surface area contributed by atoms with Crippen molar-refractivity contribution in [3.05, 3.63) is 66.0 Å². The lowest BCUT2D eigenvalue weighted by Crippen LogP contribution is -2.51. The number of carbonyl (C=O) groups is 1. The van der Waals surface area contributed by atoms with E-state index in [0.29, 0.717) is 13.0 Å². The predicted octanol–water partition coefficient (Wildman–Crippen LogP) is 4.06. The number of nitrogens with one attached hydrogen (secondary N) is 1. The summed E-state index contributed by atoms with van der Waals surface area (Å²) in [5.74, 6) is -0.106. The number of benzene rings is 2. The van der Waals surface area contributed by atoms with Gasteiger partial charge in [-0.3, -0.25) is 4.79 Å². The molecule has 0 aliphatic heterocycles. The molecule has 1 amide bonds. The van der Waals surface area contributed by atoms with Crippen molar-refractivity contribution >= 4 is 41.8 Å². The number of hydrogen-bond donors (Lipinski definition) is 2. The number of hydrogen-bond acceptors (Lipinski definition) is 3. The molecule has 0 spiro atoms. The zero-order valence-corrected chi connectivity index (χ0v) is 17.9. The van der Waals surface area contributed by atoms with E-state index in [2.05, 4.69) is 33.1 Å². The third-order valence-corrected chi connectivity index (χ3v) is 4.61. The summed E-state index contributed by atoms with van der Waals surface area (Å²) in [6.07, 6.45) is 3.42. The molecular weight excluding hydrogens is 395 g/mol. The Morgan fingerprint density at radius 2 is 1.86 bits per heavy atom. The summed E-state index contributed by atoms with van der Waals surface area (Å²) in [5.41, 5.74) is 9.61. The molecule has 0 aliphatic rings. The molecule has 152 valence electrons. The number of nitrogens with two attached hydrogens (primary N) is 1. The lowest BCUT2D eigenvalue weighted by molar-refractivity contribution is -0.126. The molecule has 1 unspecified atom stereocenters. The van der Waals surface area contributed by atoms with Crippen LogP contribution in [-0.4, -0.2) is 21.0 Å². The van der Waals surface area contributed by atoms with E-state index in [1.807, 2.05) is 43.6 Å². The Labute approximate surface area is 178 Å². The summed E-state index contributed by atoms with van der Waals surface area (Å²) in [6, 6.07) is 16.3. The van der Waals surface area contributed by atoms with Crippen molar-refractivity contribution in [3.63, 3.8) is 0 Å². The fourth-order valence-electron chi connectivity index (χ4n) is 3.19. The van der Waals surface area contributed by atoms with Gasteiger partial charge in [0.1, 0.15) is 0 Å². The first kappa shape index (κ1) is 24.0. The molecule has 7 heteroatoms. The van der Waals surface area contributed by atoms with Crippen molar-refractivity contribution in [3.8, 4) is 0 Å². The minimum atomic E-state index is -0.817. The second kappa shape index (κ2) is 10.5. The Hall–Kier alpha value is -2.08. The fourth-order valence-corrected chi connectivity index (χ4v) is 3.19. The van der Waals surface area contributed by atoms with E-state index in [1.54, 1.807) is 6.92 Å². The summed E-state index contributed by atoms with van der Waals surface area (Å²) in [4.78, 5) is 16.7. The molecule has 3 aromatic rings. The lowest BCUT2D eigenvalue weighted by atomic mass is 9.96. The van der Waals surface area contributed by atoms with Crippen LogP contribution in [0.15, 0.2) is 54.9 Å². The third-order valence-electron chi connectivity index (χ3n) is 4.61. The van der Waals surface area contributed by atoms with Crippen molar-refractivity contribution < 1.29 is 4.79 Å². The Kier molecular flexibility index (Phi) is 8.95. The van der Waals surface area contributed by atoms with Crippen LogP contribution in [0.2, 0.25) is 0 Å². The average Bonchev–Trinajstić information content (AvgIpc) is 3.03. The van der Waals surface area contributed by atoms with Crippen molar-refractivity contribution in [2.24, 2.45) is 5.73 Å². The highest BCUT2D eigenvalue weighted by molar-refractivity contribution is 5.86. The van der Waals surface area contributed by atoms with Crippen LogP contribution < -0.4 is 11.1 Å². The summed E-state index contributed by atoms with van der Waals surface area (Å²) >= 11 is 0. The minimum absolute atomic E-state index is 0. The second-order valence-electron chi connectivity index (χ2n) is 7.03. The first-order chi connectivity index (χ1) is 12.5. The van der Waals surface area contributed by atoms with Crippen molar-refractivity contribution in [1.82, 2.24) is 14.9 Å². The molecule has 0 aliphatic carbocycles. The Bertz CT molecular complexity index is 908. The van der Waals surface area contributed by atoms with E-state index in [-0.39, 0.29) is 30.7 Å². The number of rotatable bonds is 7. The van der Waals surface area contributed by atoms with E-state index < -0.39 is 5.54 Å². The Morgan fingerprint density at radius 1 is 1.14 bits per heavy atom. The first-order valence-electron chi connectivity index (χ1n) is 9.04. The number of amides is 1. The van der Waals surface area contributed by atoms with Gasteiger partial charge < -0.3 is 15.6 Å². The van der Waals surface area contributed by atoms with E-state index in [9.17, 15) is 4.79 Å². The molecule has 3 N–H and O–H groups in total. The SMILES string of the molecule is CCCC(C)(N)C(=O)NCc1cccc(Cn2cnc3ccccc32)c1.Cl.Cl. The monoisotopic (exact) mass is 422 g/mol. The van der Waals surface area contributed by atoms with Gasteiger partial charge in [-0.15, -0.1) is 24.8 Å². The van der Waals surface area contributed by atoms with Crippen LogP contribution in [0.4, 0.5) is 0 Å². The second-order valence-corrected chi connectivity index (χ2v) is 7.03. The van der Waals surface area contributed by atoms with Crippen LogP contribution in [0.3, 0.4) is 0 Å². The quantitative estimate of drug-likeness (QED) is 0.602. The zero-order chi connectivity index (χ0) is 18.6. The molecule has 28 heavy (non-hydrogen) atoms. The van der Waals surface area contributed by atoms with E-state index in [0.717, 1.165) is 29.6 Å². The molecule has 3 rings (SSSR count). The molecule has 0 radical (unpaired) electrons. The smallest absolute Gasteiger partial charge is 0.240 e. The van der Waals surface area contributed by atoms with Gasteiger partial charge in [-0.2, -0.15) is 0 Å². The maximum absolute atomic E-state index is 12.3. The van der Waals surface area contributed by atoms with E-state index in [4.69, 9.17) is 5.73 Å². The van der Waals surface area contributed by atoms with Gasteiger partial charge in [0.05, 0.1) is 22.9 Å². The summed E-state index contributed by atoms with van der Waals surface area (Å²) < 4.78 is 2.13. The predicted molar refractivity (Wildman–Crippen MR) is 119 cm³/mol. The lowest BCUT2D eigenvalue weighted by Gasteiger charge is -2.22. The standard InChI is InChI=1S/C21H26N4O.2ClH/c1-3-11-21(2,22)20(26)23-13-16-7-6-8-17(12-16)14-25-15-24-18-9-4-5-10-19(18)25;;/h4-10,12,15H,3,11,13-14,22H2,1-2H3,(H,23,26);2*1H. The van der Waals surface area contributed by atoms with Crippen LogP contribution in [-0.2, 0) is 17.9 Å². The normalized spacial score (nSPS) is 12.5. The number of carbonyl (C=O) groups excluding carboxylic acids is 1. The maximum atomic E-state index is 12.3. The van der Waals surface area contributed by atoms with Gasteiger partial charge in [0, 0.05) is 13.1 Å². The van der Waals surface area contributed by atoms with Crippen LogP contribution in [0, 0.1) is 0 Å². The molecule has 1 heterocycles. The van der Waals surface area contributed by atoms with Crippen LogP contribution in [0.1, 0.15) is 37.8 Å². The number of fused-ring (bicyclic) bond motifs is 1. The van der Waals surface area contributed by atoms with Crippen LogP contribution in [0.5, 0.6) is 0 Å². The summed E-state index contributed by atoms with van der Waals surface area (Å²) in [7, 11) is 0. The zero-order valence-electron chi connectivity index (χ0n) is 16.2. The van der Waals surface area contributed by atoms with Gasteiger partial charge in [0.25, 0.3) is 0 Å². The van der Waals surface area contributed by atoms with Crippen molar-refractivity contribution in [2.45, 2.75) is 45.3 Å². The highest BCUT2D eigenvalue weighted by Gasteiger charge is 2.26. The maximum Gasteiger partial charge on any atom is 0.240 e. The molecule has 2 aromatic carbocycles. The molecule has 0 fully saturated rings. The number of para-hydroxylation sites is 2. The Morgan fingerprint density at radius 3 is 2.61 bits per heavy atom. The van der Waals surface area contributed by atoms with Crippen LogP contribution >= 0.6 is 24.8 Å². The topological polar surface area (TPSA) is 72.9 Å². The number of nitrogens with zero attached hydrogens (tertiary/aromatic N) is 2. The Balaban J connectivity index is 0.00000196. The molecule has 1 atom stereocenters. The first-order valence-corrected chi connectivity index (χ1v) is 9.04. The summed E-state index contributed by atoms with van der Waals surface area (Å²) in [6.45, 7) is 5.04. The molecule has 0 saturated carbocycles. The third kappa shape index (κ3) is 5.71. The molecule has 5 nitrogen and oxygen atoms in total. The van der Waals surface area contributed by atoms with Crippen LogP contribution in [0.25, 0.3) is 11.0 Å². The summed E-state index contributed by atoms with van der Waals surface area (Å²) in [5, 5.41) is 2.96. The van der Waals surface area contributed by atoms with Gasteiger partial charge in [-0.05, 0) is 36.6 Å². The number of aromatic nitrogens is 2. The van der Waals surface area contributed by atoms with E-state index >= 15 is 0 Å². The fraction of sp³-hybridized carbons (Fsp3) is 0.333. The van der Waals surface area contributed by atoms with Gasteiger partial charge >= 0.3 is 0 Å². The highest BCUT2D eigenvalue weighted by atomic mass is 35.5. The van der Waals surface area contributed by atoms with Gasteiger partial charge in [-0.25, -0.2) is 4.98 Å². The number of halogens is 2. The van der Waals surface area contributed by atoms with Gasteiger partial charge in [0.15, 0.2) is 0 Å². The average molecular weight is 423 g/mol. The van der Waals surface area contributed by atoms with E-state index in [1.165, 1.54) is 5.56 Å².